The van der Waals surface area contributed by atoms with E-state index in [9.17, 15) is 13.2 Å². The summed E-state index contributed by atoms with van der Waals surface area (Å²) in [5.74, 6) is -0.725. The summed E-state index contributed by atoms with van der Waals surface area (Å²) < 4.78 is 22.7. The van der Waals surface area contributed by atoms with Crippen LogP contribution in [-0.2, 0) is 15.6 Å². The van der Waals surface area contributed by atoms with Crippen molar-refractivity contribution in [2.24, 2.45) is 0 Å². The summed E-state index contributed by atoms with van der Waals surface area (Å²) in [5.41, 5.74) is 2.26. The molecule has 6 nitrogen and oxygen atoms in total. The van der Waals surface area contributed by atoms with Crippen molar-refractivity contribution in [3.63, 3.8) is 0 Å². The Labute approximate surface area is 172 Å². The first kappa shape index (κ1) is 20.3. The zero-order valence-corrected chi connectivity index (χ0v) is 17.0. The topological polar surface area (TPSA) is 89.0 Å². The van der Waals surface area contributed by atoms with Crippen molar-refractivity contribution in [1.29, 1.82) is 0 Å². The summed E-state index contributed by atoms with van der Waals surface area (Å²) >= 11 is 12.3. The average molecular weight is 436 g/mol. The molecule has 0 saturated heterocycles. The number of rotatable bonds is 5. The van der Waals surface area contributed by atoms with Crippen molar-refractivity contribution in [2.45, 2.75) is 5.75 Å². The van der Waals surface area contributed by atoms with E-state index in [-0.39, 0.29) is 22.2 Å². The molecule has 0 aliphatic heterocycles. The first-order valence-corrected chi connectivity index (χ1v) is 10.9. The second kappa shape index (κ2) is 8.26. The number of benzene rings is 1. The third-order valence-corrected chi connectivity index (χ3v) is 5.16. The van der Waals surface area contributed by atoms with Crippen LogP contribution in [0.3, 0.4) is 0 Å². The SMILES string of the molecule is CS(=O)(=O)Cc1ccc(C(=O)Nc2ccc(Cl)c(-c3ccccn3)c2)c(Cl)n1. The van der Waals surface area contributed by atoms with Gasteiger partial charge in [0.2, 0.25) is 0 Å². The molecule has 0 spiro atoms. The van der Waals surface area contributed by atoms with Gasteiger partial charge in [0.05, 0.1) is 27.7 Å². The quantitative estimate of drug-likeness (QED) is 0.605. The molecule has 144 valence electrons. The molecule has 0 radical (unpaired) electrons. The maximum Gasteiger partial charge on any atom is 0.258 e. The molecule has 1 amide bonds. The molecule has 0 atom stereocenters. The fourth-order valence-electron chi connectivity index (χ4n) is 2.51. The van der Waals surface area contributed by atoms with Crippen molar-refractivity contribution in [3.05, 3.63) is 76.2 Å². The molecule has 28 heavy (non-hydrogen) atoms. The Morgan fingerprint density at radius 2 is 1.89 bits per heavy atom. The van der Waals surface area contributed by atoms with Gasteiger partial charge < -0.3 is 5.32 Å². The first-order valence-electron chi connectivity index (χ1n) is 8.08. The minimum Gasteiger partial charge on any atom is -0.322 e. The Morgan fingerprint density at radius 3 is 2.54 bits per heavy atom. The van der Waals surface area contributed by atoms with E-state index in [1.807, 2.05) is 12.1 Å². The molecule has 0 bridgehead atoms. The van der Waals surface area contributed by atoms with Crippen LogP contribution in [0.15, 0.2) is 54.7 Å². The minimum atomic E-state index is -3.25. The van der Waals surface area contributed by atoms with Gasteiger partial charge in [0, 0.05) is 23.7 Å². The van der Waals surface area contributed by atoms with Gasteiger partial charge in [-0.1, -0.05) is 29.3 Å². The number of hydrogen-bond acceptors (Lipinski definition) is 5. The van der Waals surface area contributed by atoms with Crippen molar-refractivity contribution in [3.8, 4) is 11.3 Å². The van der Waals surface area contributed by atoms with Crippen LogP contribution in [0.2, 0.25) is 10.2 Å². The van der Waals surface area contributed by atoms with Gasteiger partial charge in [-0.15, -0.1) is 0 Å². The van der Waals surface area contributed by atoms with Crippen LogP contribution in [0, 0.1) is 0 Å². The zero-order valence-electron chi connectivity index (χ0n) is 14.7. The zero-order chi connectivity index (χ0) is 20.3. The number of nitrogens with zero attached hydrogens (tertiary/aromatic N) is 2. The Balaban J connectivity index is 1.84. The van der Waals surface area contributed by atoms with Crippen LogP contribution in [0.4, 0.5) is 5.69 Å². The van der Waals surface area contributed by atoms with E-state index in [1.165, 1.54) is 12.1 Å². The van der Waals surface area contributed by atoms with E-state index in [0.29, 0.717) is 22.0 Å². The Morgan fingerprint density at radius 1 is 1.11 bits per heavy atom. The summed E-state index contributed by atoms with van der Waals surface area (Å²) in [6.07, 6.45) is 2.75. The number of halogens is 2. The monoisotopic (exact) mass is 435 g/mol. The van der Waals surface area contributed by atoms with Crippen molar-refractivity contribution in [1.82, 2.24) is 9.97 Å². The van der Waals surface area contributed by atoms with Crippen molar-refractivity contribution >= 4 is 44.6 Å². The fourth-order valence-corrected chi connectivity index (χ4v) is 3.68. The maximum atomic E-state index is 12.6. The standard InChI is InChI=1S/C19H15Cl2N3O3S/c1-28(26,27)11-13-5-7-14(18(21)23-13)19(25)24-12-6-8-16(20)15(10-12)17-4-2-3-9-22-17/h2-10H,11H2,1H3,(H,24,25). The van der Waals surface area contributed by atoms with Gasteiger partial charge in [-0.3, -0.25) is 9.78 Å². The lowest BCUT2D eigenvalue weighted by Crippen LogP contribution is -2.14. The summed E-state index contributed by atoms with van der Waals surface area (Å²) in [5, 5.41) is 3.17. The lowest BCUT2D eigenvalue weighted by molar-refractivity contribution is 0.102. The van der Waals surface area contributed by atoms with Crippen LogP contribution in [-0.4, -0.2) is 30.5 Å². The fraction of sp³-hybridized carbons (Fsp3) is 0.105. The number of anilines is 1. The number of hydrogen-bond donors (Lipinski definition) is 1. The van der Waals surface area contributed by atoms with Crippen LogP contribution in [0.5, 0.6) is 0 Å². The highest BCUT2D eigenvalue weighted by Gasteiger charge is 2.15. The van der Waals surface area contributed by atoms with E-state index in [2.05, 4.69) is 15.3 Å². The number of nitrogens with one attached hydrogen (secondary N) is 1. The van der Waals surface area contributed by atoms with Gasteiger partial charge in [0.15, 0.2) is 9.84 Å². The van der Waals surface area contributed by atoms with Gasteiger partial charge >= 0.3 is 0 Å². The summed E-state index contributed by atoms with van der Waals surface area (Å²) in [6.45, 7) is 0. The van der Waals surface area contributed by atoms with Gasteiger partial charge in [0.25, 0.3) is 5.91 Å². The Bertz CT molecular complexity index is 1140. The largest absolute Gasteiger partial charge is 0.322 e. The third-order valence-electron chi connectivity index (χ3n) is 3.73. The molecule has 1 aromatic carbocycles. The van der Waals surface area contributed by atoms with E-state index in [4.69, 9.17) is 23.2 Å². The normalized spacial score (nSPS) is 11.2. The molecule has 2 aromatic heterocycles. The highest BCUT2D eigenvalue weighted by atomic mass is 35.5. The second-order valence-electron chi connectivity index (χ2n) is 6.07. The number of amides is 1. The molecule has 0 aliphatic carbocycles. The number of sulfone groups is 1. The first-order chi connectivity index (χ1) is 13.2. The minimum absolute atomic E-state index is 0.0717. The number of aromatic nitrogens is 2. The third kappa shape index (κ3) is 5.07. The van der Waals surface area contributed by atoms with Crippen LogP contribution < -0.4 is 5.32 Å². The van der Waals surface area contributed by atoms with Gasteiger partial charge in [-0.05, 0) is 42.5 Å². The molecule has 0 unspecified atom stereocenters. The molecule has 3 rings (SSSR count). The maximum absolute atomic E-state index is 12.6. The molecule has 0 aliphatic rings. The van der Waals surface area contributed by atoms with E-state index in [1.54, 1.807) is 30.5 Å². The molecule has 1 N–H and O–H groups in total. The second-order valence-corrected chi connectivity index (χ2v) is 8.98. The smallest absolute Gasteiger partial charge is 0.258 e. The lowest BCUT2D eigenvalue weighted by Gasteiger charge is -2.10. The number of pyridine rings is 2. The molecule has 9 heteroatoms. The summed E-state index contributed by atoms with van der Waals surface area (Å²) in [4.78, 5) is 20.8. The summed E-state index contributed by atoms with van der Waals surface area (Å²) in [6, 6.07) is 13.4. The molecule has 0 saturated carbocycles. The van der Waals surface area contributed by atoms with E-state index in [0.717, 1.165) is 6.26 Å². The van der Waals surface area contributed by atoms with Crippen LogP contribution in [0.25, 0.3) is 11.3 Å². The van der Waals surface area contributed by atoms with E-state index >= 15 is 0 Å². The highest BCUT2D eigenvalue weighted by molar-refractivity contribution is 7.89. The Hall–Kier alpha value is -2.48. The van der Waals surface area contributed by atoms with Crippen molar-refractivity contribution in [2.75, 3.05) is 11.6 Å². The summed E-state index contributed by atoms with van der Waals surface area (Å²) in [7, 11) is -3.25. The van der Waals surface area contributed by atoms with E-state index < -0.39 is 15.7 Å². The van der Waals surface area contributed by atoms with Crippen molar-refractivity contribution < 1.29 is 13.2 Å². The lowest BCUT2D eigenvalue weighted by atomic mass is 10.1. The highest BCUT2D eigenvalue weighted by Crippen LogP contribution is 2.29. The number of carbonyl (C=O) groups is 1. The Kier molecular flexibility index (Phi) is 5.98. The average Bonchev–Trinajstić information content (AvgIpc) is 2.62. The van der Waals surface area contributed by atoms with Gasteiger partial charge in [-0.2, -0.15) is 0 Å². The van der Waals surface area contributed by atoms with Crippen LogP contribution in [0.1, 0.15) is 16.1 Å². The van der Waals surface area contributed by atoms with Gasteiger partial charge in [0.1, 0.15) is 5.15 Å². The molecule has 3 aromatic rings. The predicted octanol–water partition coefficient (Wildman–Crippen LogP) is 4.25. The molecular formula is C19H15Cl2N3O3S. The van der Waals surface area contributed by atoms with Gasteiger partial charge in [-0.25, -0.2) is 13.4 Å². The predicted molar refractivity (Wildman–Crippen MR) is 110 cm³/mol. The molecular weight excluding hydrogens is 421 g/mol. The number of carbonyl (C=O) groups excluding carboxylic acids is 1. The van der Waals surface area contributed by atoms with Crippen LogP contribution >= 0.6 is 23.2 Å². The molecule has 2 heterocycles. The molecule has 0 fully saturated rings.